The first kappa shape index (κ1) is 17.6. The van der Waals surface area contributed by atoms with E-state index in [1.807, 2.05) is 35.2 Å². The predicted molar refractivity (Wildman–Crippen MR) is 93.8 cm³/mol. The maximum Gasteiger partial charge on any atom is 0.239 e. The minimum Gasteiger partial charge on any atom is -0.360 e. The number of amides is 1. The molecule has 25 heavy (non-hydrogen) atoms. The summed E-state index contributed by atoms with van der Waals surface area (Å²) in [7, 11) is -3.02. The first-order chi connectivity index (χ1) is 11.9. The fraction of sp³-hybridized carbons (Fsp3) is 0.412. The van der Waals surface area contributed by atoms with Gasteiger partial charge in [0.15, 0.2) is 15.7 Å². The van der Waals surface area contributed by atoms with Crippen LogP contribution in [0.25, 0.3) is 0 Å². The summed E-state index contributed by atoms with van der Waals surface area (Å²) >= 11 is 0. The molecule has 134 valence electrons. The van der Waals surface area contributed by atoms with Crippen molar-refractivity contribution in [2.75, 3.05) is 23.4 Å². The summed E-state index contributed by atoms with van der Waals surface area (Å²) in [6.45, 7) is 2.36. The Kier molecular flexibility index (Phi) is 5.19. The third kappa shape index (κ3) is 4.90. The molecule has 3 rings (SSSR count). The number of aryl methyl sites for hydroxylation is 1. The lowest BCUT2D eigenvalue weighted by atomic mass is 10.1. The summed E-state index contributed by atoms with van der Waals surface area (Å²) < 4.78 is 28.6. The topological polar surface area (TPSA) is 92.5 Å². The van der Waals surface area contributed by atoms with Gasteiger partial charge in [-0.3, -0.25) is 9.69 Å². The van der Waals surface area contributed by atoms with Gasteiger partial charge >= 0.3 is 0 Å². The Balaban J connectivity index is 1.70. The summed E-state index contributed by atoms with van der Waals surface area (Å²) in [5.74, 6) is 0.997. The van der Waals surface area contributed by atoms with Gasteiger partial charge in [0, 0.05) is 18.7 Å². The van der Waals surface area contributed by atoms with Crippen molar-refractivity contribution in [3.63, 3.8) is 0 Å². The minimum atomic E-state index is -3.02. The van der Waals surface area contributed by atoms with E-state index in [1.54, 1.807) is 13.0 Å². The molecule has 2 aromatic rings. The van der Waals surface area contributed by atoms with Gasteiger partial charge in [-0.15, -0.1) is 0 Å². The van der Waals surface area contributed by atoms with Crippen molar-refractivity contribution >= 4 is 21.6 Å². The second-order valence-electron chi connectivity index (χ2n) is 6.32. The normalized spacial score (nSPS) is 19.2. The summed E-state index contributed by atoms with van der Waals surface area (Å²) in [4.78, 5) is 14.3. The number of sulfone groups is 1. The van der Waals surface area contributed by atoms with E-state index in [4.69, 9.17) is 4.52 Å². The summed E-state index contributed by atoms with van der Waals surface area (Å²) in [6.07, 6.45) is 0.547. The molecule has 1 fully saturated rings. The molecule has 1 aromatic carbocycles. The number of carbonyl (C=O) groups excluding carboxylic acids is 1. The van der Waals surface area contributed by atoms with Crippen LogP contribution in [0, 0.1) is 6.92 Å². The van der Waals surface area contributed by atoms with Crippen LogP contribution in [0.3, 0.4) is 0 Å². The number of hydrogen-bond donors (Lipinski definition) is 1. The quantitative estimate of drug-likeness (QED) is 0.838. The van der Waals surface area contributed by atoms with E-state index in [0.29, 0.717) is 24.5 Å². The fourth-order valence-corrected chi connectivity index (χ4v) is 4.75. The second-order valence-corrected chi connectivity index (χ2v) is 8.55. The molecule has 1 aliphatic rings. The van der Waals surface area contributed by atoms with Crippen LogP contribution in [-0.2, 0) is 21.2 Å². The van der Waals surface area contributed by atoms with Gasteiger partial charge in [-0.25, -0.2) is 8.42 Å². The molecule has 0 aliphatic carbocycles. The van der Waals surface area contributed by atoms with Gasteiger partial charge in [-0.1, -0.05) is 35.5 Å². The van der Waals surface area contributed by atoms with Crippen LogP contribution in [0.4, 0.5) is 5.82 Å². The zero-order valence-electron chi connectivity index (χ0n) is 14.0. The smallest absolute Gasteiger partial charge is 0.239 e. The SMILES string of the molecule is Cc1cc(NC(=O)CN(Cc2ccccc2)C2CCS(=O)(=O)C2)no1. The Labute approximate surface area is 146 Å². The Bertz CT molecular complexity index is 833. The number of anilines is 1. The van der Waals surface area contributed by atoms with Crippen molar-refractivity contribution in [2.24, 2.45) is 0 Å². The van der Waals surface area contributed by atoms with Crippen LogP contribution >= 0.6 is 0 Å². The molecular formula is C17H21N3O4S. The van der Waals surface area contributed by atoms with Crippen LogP contribution in [0.5, 0.6) is 0 Å². The third-order valence-corrected chi connectivity index (χ3v) is 5.95. The number of rotatable bonds is 6. The molecule has 1 saturated heterocycles. The molecule has 1 amide bonds. The molecule has 7 nitrogen and oxygen atoms in total. The highest BCUT2D eigenvalue weighted by atomic mass is 32.2. The highest BCUT2D eigenvalue weighted by molar-refractivity contribution is 7.91. The van der Waals surface area contributed by atoms with Gasteiger partial charge in [0.1, 0.15) is 5.76 Å². The van der Waals surface area contributed by atoms with Crippen molar-refractivity contribution in [3.8, 4) is 0 Å². The molecule has 1 atom stereocenters. The van der Waals surface area contributed by atoms with Gasteiger partial charge < -0.3 is 9.84 Å². The summed E-state index contributed by atoms with van der Waals surface area (Å²) in [5.41, 5.74) is 1.04. The lowest BCUT2D eigenvalue weighted by molar-refractivity contribution is -0.118. The van der Waals surface area contributed by atoms with E-state index >= 15 is 0 Å². The maximum absolute atomic E-state index is 12.4. The number of aromatic nitrogens is 1. The molecule has 2 heterocycles. The molecule has 1 aliphatic heterocycles. The zero-order chi connectivity index (χ0) is 17.9. The fourth-order valence-electron chi connectivity index (χ4n) is 2.99. The third-order valence-electron chi connectivity index (χ3n) is 4.20. The Morgan fingerprint density at radius 1 is 1.36 bits per heavy atom. The monoisotopic (exact) mass is 363 g/mol. The molecule has 0 spiro atoms. The van der Waals surface area contributed by atoms with Crippen molar-refractivity contribution in [1.29, 1.82) is 0 Å². The minimum absolute atomic E-state index is 0.0934. The van der Waals surface area contributed by atoms with Crippen LogP contribution in [0.2, 0.25) is 0 Å². The lowest BCUT2D eigenvalue weighted by Gasteiger charge is -2.27. The van der Waals surface area contributed by atoms with Gasteiger partial charge in [-0.2, -0.15) is 0 Å². The molecular weight excluding hydrogens is 342 g/mol. The Morgan fingerprint density at radius 2 is 2.12 bits per heavy atom. The summed E-state index contributed by atoms with van der Waals surface area (Å²) in [6, 6.07) is 11.2. The Morgan fingerprint density at radius 3 is 2.72 bits per heavy atom. The molecule has 0 bridgehead atoms. The van der Waals surface area contributed by atoms with E-state index in [-0.39, 0.29) is 30.0 Å². The Hall–Kier alpha value is -2.19. The van der Waals surface area contributed by atoms with E-state index in [0.717, 1.165) is 5.56 Å². The zero-order valence-corrected chi connectivity index (χ0v) is 14.8. The molecule has 1 aromatic heterocycles. The molecule has 8 heteroatoms. The van der Waals surface area contributed by atoms with E-state index in [9.17, 15) is 13.2 Å². The van der Waals surface area contributed by atoms with Crippen molar-refractivity contribution < 1.29 is 17.7 Å². The largest absolute Gasteiger partial charge is 0.360 e. The van der Waals surface area contributed by atoms with Crippen LogP contribution < -0.4 is 5.32 Å². The van der Waals surface area contributed by atoms with Gasteiger partial charge in [0.05, 0.1) is 18.1 Å². The average molecular weight is 363 g/mol. The highest BCUT2D eigenvalue weighted by Gasteiger charge is 2.33. The summed E-state index contributed by atoms with van der Waals surface area (Å²) in [5, 5.41) is 6.43. The number of hydrogen-bond acceptors (Lipinski definition) is 6. The number of nitrogens with one attached hydrogen (secondary N) is 1. The van der Waals surface area contributed by atoms with Gasteiger partial charge in [0.2, 0.25) is 5.91 Å². The van der Waals surface area contributed by atoms with Crippen LogP contribution in [0.1, 0.15) is 17.7 Å². The second kappa shape index (κ2) is 7.37. The highest BCUT2D eigenvalue weighted by Crippen LogP contribution is 2.20. The number of carbonyl (C=O) groups is 1. The molecule has 0 saturated carbocycles. The maximum atomic E-state index is 12.4. The predicted octanol–water partition coefficient (Wildman–Crippen LogP) is 1.61. The molecule has 0 radical (unpaired) electrons. The van der Waals surface area contributed by atoms with E-state index in [1.165, 1.54) is 0 Å². The van der Waals surface area contributed by atoms with Crippen LogP contribution in [-0.4, -0.2) is 48.5 Å². The van der Waals surface area contributed by atoms with Gasteiger partial charge in [-0.05, 0) is 18.9 Å². The number of benzene rings is 1. The van der Waals surface area contributed by atoms with E-state index < -0.39 is 9.84 Å². The van der Waals surface area contributed by atoms with Crippen molar-refractivity contribution in [2.45, 2.75) is 25.9 Å². The van der Waals surface area contributed by atoms with Crippen molar-refractivity contribution in [3.05, 3.63) is 47.7 Å². The van der Waals surface area contributed by atoms with Crippen molar-refractivity contribution in [1.82, 2.24) is 10.1 Å². The molecule has 1 N–H and O–H groups in total. The number of nitrogens with zero attached hydrogens (tertiary/aromatic N) is 2. The standard InChI is InChI=1S/C17H21N3O4S/c1-13-9-16(19-24-13)18-17(21)11-20(10-14-5-3-2-4-6-14)15-7-8-25(22,23)12-15/h2-6,9,15H,7-8,10-12H2,1H3,(H,18,19,21). The lowest BCUT2D eigenvalue weighted by Crippen LogP contribution is -2.41. The first-order valence-electron chi connectivity index (χ1n) is 8.13. The molecule has 1 unspecified atom stereocenters. The van der Waals surface area contributed by atoms with Gasteiger partial charge in [0.25, 0.3) is 0 Å². The van der Waals surface area contributed by atoms with Crippen LogP contribution in [0.15, 0.2) is 40.9 Å². The van der Waals surface area contributed by atoms with E-state index in [2.05, 4.69) is 10.5 Å². The first-order valence-corrected chi connectivity index (χ1v) is 9.95. The average Bonchev–Trinajstić information content (AvgIpc) is 3.13.